The van der Waals surface area contributed by atoms with Gasteiger partial charge in [0.1, 0.15) is 11.6 Å². The Hall–Kier alpha value is -2.11. The van der Waals surface area contributed by atoms with Gasteiger partial charge in [-0.15, -0.1) is 0 Å². The van der Waals surface area contributed by atoms with Gasteiger partial charge in [-0.3, -0.25) is 14.7 Å². The summed E-state index contributed by atoms with van der Waals surface area (Å²) in [5.41, 5.74) is 0.0605. The van der Waals surface area contributed by atoms with E-state index in [4.69, 9.17) is 4.74 Å². The van der Waals surface area contributed by atoms with E-state index in [1.54, 1.807) is 45.3 Å². The van der Waals surface area contributed by atoms with Crippen LogP contribution in [-0.2, 0) is 9.53 Å². The van der Waals surface area contributed by atoms with Crippen LogP contribution in [0.3, 0.4) is 0 Å². The smallest absolute Gasteiger partial charge is 0.410 e. The highest BCUT2D eigenvalue weighted by atomic mass is 16.6. The summed E-state index contributed by atoms with van der Waals surface area (Å²) in [6, 6.07) is 3.02. The standard InChI is InChI=1S/C14H19N3O3/c1-14(2,3)20-13(19)17-8-6-11(17)12(18)16-10-5-4-7-15-9-10/h4-5,7,9,11H,6,8H2,1-3H3,(H,16,18)/t11-/m0/s1. The summed E-state index contributed by atoms with van der Waals surface area (Å²) in [4.78, 5) is 29.4. The lowest BCUT2D eigenvalue weighted by atomic mass is 10.0. The summed E-state index contributed by atoms with van der Waals surface area (Å²) in [5.74, 6) is -0.213. The highest BCUT2D eigenvalue weighted by Gasteiger charge is 2.39. The van der Waals surface area contributed by atoms with Crippen LogP contribution in [0.5, 0.6) is 0 Å². The van der Waals surface area contributed by atoms with E-state index in [1.807, 2.05) is 0 Å². The van der Waals surface area contributed by atoms with Crippen molar-refractivity contribution >= 4 is 17.7 Å². The molecule has 1 N–H and O–H groups in total. The minimum absolute atomic E-state index is 0.213. The predicted molar refractivity (Wildman–Crippen MR) is 74.2 cm³/mol. The van der Waals surface area contributed by atoms with Crippen LogP contribution in [0, 0.1) is 0 Å². The fourth-order valence-electron chi connectivity index (χ4n) is 1.86. The summed E-state index contributed by atoms with van der Waals surface area (Å²) < 4.78 is 5.27. The van der Waals surface area contributed by atoms with Crippen LogP contribution in [0.2, 0.25) is 0 Å². The van der Waals surface area contributed by atoms with Gasteiger partial charge in [0.2, 0.25) is 5.91 Å². The molecule has 0 spiro atoms. The Kier molecular flexibility index (Phi) is 3.92. The maximum atomic E-state index is 12.1. The number of carbonyl (C=O) groups excluding carboxylic acids is 2. The van der Waals surface area contributed by atoms with Crippen molar-refractivity contribution < 1.29 is 14.3 Å². The first-order chi connectivity index (χ1) is 9.37. The molecule has 1 aliphatic heterocycles. The molecular weight excluding hydrogens is 258 g/mol. The fourth-order valence-corrected chi connectivity index (χ4v) is 1.86. The molecule has 2 rings (SSSR count). The Balaban J connectivity index is 1.93. The maximum Gasteiger partial charge on any atom is 0.410 e. The van der Waals surface area contributed by atoms with Crippen molar-refractivity contribution in [3.63, 3.8) is 0 Å². The van der Waals surface area contributed by atoms with E-state index in [0.29, 0.717) is 18.7 Å². The monoisotopic (exact) mass is 277 g/mol. The van der Waals surface area contributed by atoms with E-state index in [-0.39, 0.29) is 5.91 Å². The summed E-state index contributed by atoms with van der Waals surface area (Å²) in [6.45, 7) is 5.94. The van der Waals surface area contributed by atoms with E-state index in [0.717, 1.165) is 0 Å². The van der Waals surface area contributed by atoms with Crippen LogP contribution in [0.4, 0.5) is 10.5 Å². The molecule has 0 radical (unpaired) electrons. The third kappa shape index (κ3) is 3.46. The number of nitrogens with one attached hydrogen (secondary N) is 1. The van der Waals surface area contributed by atoms with Gasteiger partial charge in [0.15, 0.2) is 0 Å². The van der Waals surface area contributed by atoms with Crippen LogP contribution in [-0.4, -0.2) is 40.1 Å². The van der Waals surface area contributed by atoms with Gasteiger partial charge in [0.05, 0.1) is 11.9 Å². The number of nitrogens with zero attached hydrogens (tertiary/aromatic N) is 2. The molecule has 1 fully saturated rings. The highest BCUT2D eigenvalue weighted by Crippen LogP contribution is 2.22. The van der Waals surface area contributed by atoms with Gasteiger partial charge in [0.25, 0.3) is 0 Å². The predicted octanol–water partition coefficient (Wildman–Crippen LogP) is 2.03. The summed E-state index contributed by atoms with van der Waals surface area (Å²) in [5, 5.41) is 2.74. The summed E-state index contributed by atoms with van der Waals surface area (Å²) >= 11 is 0. The third-order valence-electron chi connectivity index (χ3n) is 2.88. The number of carbonyl (C=O) groups is 2. The molecule has 1 aliphatic rings. The lowest BCUT2D eigenvalue weighted by molar-refractivity contribution is -0.125. The molecule has 1 saturated heterocycles. The van der Waals surface area contributed by atoms with Crippen molar-refractivity contribution in [2.45, 2.75) is 38.8 Å². The van der Waals surface area contributed by atoms with Crippen LogP contribution in [0.1, 0.15) is 27.2 Å². The molecule has 2 amide bonds. The number of amides is 2. The lowest BCUT2D eigenvalue weighted by Crippen LogP contribution is -2.57. The second-order valence-electron chi connectivity index (χ2n) is 5.71. The number of hydrogen-bond acceptors (Lipinski definition) is 4. The maximum absolute atomic E-state index is 12.1. The number of likely N-dealkylation sites (tertiary alicyclic amines) is 1. The third-order valence-corrected chi connectivity index (χ3v) is 2.88. The summed E-state index contributed by atoms with van der Waals surface area (Å²) in [7, 11) is 0. The molecule has 0 unspecified atom stereocenters. The van der Waals surface area contributed by atoms with Gasteiger partial charge in [-0.25, -0.2) is 4.79 Å². The number of hydrogen-bond donors (Lipinski definition) is 1. The van der Waals surface area contributed by atoms with Crippen molar-refractivity contribution in [2.75, 3.05) is 11.9 Å². The van der Waals surface area contributed by atoms with Crippen molar-refractivity contribution in [1.29, 1.82) is 0 Å². The first-order valence-corrected chi connectivity index (χ1v) is 6.57. The topological polar surface area (TPSA) is 71.5 Å². The average molecular weight is 277 g/mol. The normalized spacial score (nSPS) is 18.1. The van der Waals surface area contributed by atoms with Crippen molar-refractivity contribution in [3.8, 4) is 0 Å². The fraction of sp³-hybridized carbons (Fsp3) is 0.500. The Bertz CT molecular complexity index is 496. The van der Waals surface area contributed by atoms with Crippen LogP contribution in [0.25, 0.3) is 0 Å². The van der Waals surface area contributed by atoms with Gasteiger partial charge >= 0.3 is 6.09 Å². The minimum atomic E-state index is -0.558. The molecule has 0 bridgehead atoms. The molecule has 1 aromatic heterocycles. The van der Waals surface area contributed by atoms with Gasteiger partial charge < -0.3 is 10.1 Å². The number of aromatic nitrogens is 1. The molecule has 0 saturated carbocycles. The summed E-state index contributed by atoms with van der Waals surface area (Å²) in [6.07, 6.45) is 3.39. The van der Waals surface area contributed by atoms with E-state index < -0.39 is 17.7 Å². The molecule has 6 heteroatoms. The number of anilines is 1. The van der Waals surface area contributed by atoms with Crippen molar-refractivity contribution in [2.24, 2.45) is 0 Å². The molecule has 2 heterocycles. The quantitative estimate of drug-likeness (QED) is 0.897. The van der Waals surface area contributed by atoms with Crippen molar-refractivity contribution in [3.05, 3.63) is 24.5 Å². The Labute approximate surface area is 118 Å². The van der Waals surface area contributed by atoms with E-state index in [1.165, 1.54) is 4.90 Å². The van der Waals surface area contributed by atoms with Gasteiger partial charge in [0, 0.05) is 12.7 Å². The zero-order chi connectivity index (χ0) is 14.8. The minimum Gasteiger partial charge on any atom is -0.444 e. The van der Waals surface area contributed by atoms with Gasteiger partial charge in [-0.1, -0.05) is 0 Å². The zero-order valence-electron chi connectivity index (χ0n) is 11.9. The molecule has 6 nitrogen and oxygen atoms in total. The lowest BCUT2D eigenvalue weighted by Gasteiger charge is -2.40. The second-order valence-corrected chi connectivity index (χ2v) is 5.71. The van der Waals surface area contributed by atoms with Crippen LogP contribution >= 0.6 is 0 Å². The highest BCUT2D eigenvalue weighted by molar-refractivity contribution is 5.97. The molecule has 20 heavy (non-hydrogen) atoms. The first-order valence-electron chi connectivity index (χ1n) is 6.57. The Morgan fingerprint density at radius 1 is 1.45 bits per heavy atom. The van der Waals surface area contributed by atoms with E-state index in [2.05, 4.69) is 10.3 Å². The van der Waals surface area contributed by atoms with Gasteiger partial charge in [-0.05, 0) is 39.3 Å². The second kappa shape index (κ2) is 5.48. The van der Waals surface area contributed by atoms with Crippen molar-refractivity contribution in [1.82, 2.24) is 9.88 Å². The number of pyridine rings is 1. The molecule has 0 aromatic carbocycles. The van der Waals surface area contributed by atoms with Crippen LogP contribution in [0.15, 0.2) is 24.5 Å². The van der Waals surface area contributed by atoms with Crippen LogP contribution < -0.4 is 5.32 Å². The molecular formula is C14H19N3O3. The zero-order valence-corrected chi connectivity index (χ0v) is 11.9. The molecule has 0 aliphatic carbocycles. The Morgan fingerprint density at radius 3 is 2.70 bits per heavy atom. The number of rotatable bonds is 2. The Morgan fingerprint density at radius 2 is 2.20 bits per heavy atom. The van der Waals surface area contributed by atoms with E-state index in [9.17, 15) is 9.59 Å². The SMILES string of the molecule is CC(C)(C)OC(=O)N1CC[C@H]1C(=O)Nc1cccnc1. The first kappa shape index (κ1) is 14.3. The molecule has 1 atom stereocenters. The molecule has 108 valence electrons. The van der Waals surface area contributed by atoms with Gasteiger partial charge in [-0.2, -0.15) is 0 Å². The number of ether oxygens (including phenoxy) is 1. The molecule has 1 aromatic rings. The largest absolute Gasteiger partial charge is 0.444 e. The van der Waals surface area contributed by atoms with E-state index >= 15 is 0 Å². The average Bonchev–Trinajstić information content (AvgIpc) is 2.25.